The zero-order valence-electron chi connectivity index (χ0n) is 5.76. The molecule has 0 saturated heterocycles. The standard InChI is InChI=1S/C8H9IO/c1-6-4-7(5-9)2-3-8(6)10/h2-4,10H,5H2,1H3. The van der Waals surface area contributed by atoms with Crippen LogP contribution in [0.2, 0.25) is 0 Å². The number of halogens is 1. The second-order valence-corrected chi connectivity index (χ2v) is 3.02. The number of phenolic OH excluding ortho intramolecular Hbond substituents is 1. The highest BCUT2D eigenvalue weighted by atomic mass is 127. The van der Waals surface area contributed by atoms with Gasteiger partial charge in [0.15, 0.2) is 0 Å². The van der Waals surface area contributed by atoms with Crippen LogP contribution in [0.1, 0.15) is 11.1 Å². The van der Waals surface area contributed by atoms with Gasteiger partial charge in [-0.3, -0.25) is 0 Å². The normalized spacial score (nSPS) is 9.80. The van der Waals surface area contributed by atoms with Crippen LogP contribution in [0, 0.1) is 6.92 Å². The van der Waals surface area contributed by atoms with Crippen LogP contribution >= 0.6 is 22.6 Å². The topological polar surface area (TPSA) is 20.2 Å². The Kier molecular flexibility index (Phi) is 2.54. The predicted octanol–water partition coefficient (Wildman–Crippen LogP) is 2.64. The van der Waals surface area contributed by atoms with Crippen molar-refractivity contribution < 1.29 is 5.11 Å². The lowest BCUT2D eigenvalue weighted by atomic mass is 10.1. The summed E-state index contributed by atoms with van der Waals surface area (Å²) in [6.07, 6.45) is 0. The van der Waals surface area contributed by atoms with Gasteiger partial charge in [-0.05, 0) is 24.1 Å². The molecular formula is C8H9IO. The van der Waals surface area contributed by atoms with E-state index in [1.807, 2.05) is 19.1 Å². The molecule has 0 aliphatic carbocycles. The van der Waals surface area contributed by atoms with Gasteiger partial charge in [-0.2, -0.15) is 0 Å². The molecule has 0 spiro atoms. The average molecular weight is 248 g/mol. The van der Waals surface area contributed by atoms with E-state index in [0.717, 1.165) is 9.99 Å². The molecule has 1 N–H and O–H groups in total. The molecule has 0 fully saturated rings. The van der Waals surface area contributed by atoms with Crippen LogP contribution in [0.25, 0.3) is 0 Å². The third kappa shape index (κ3) is 1.62. The van der Waals surface area contributed by atoms with Crippen LogP contribution < -0.4 is 0 Å². The number of benzene rings is 1. The van der Waals surface area contributed by atoms with Crippen molar-refractivity contribution >= 4 is 22.6 Å². The summed E-state index contributed by atoms with van der Waals surface area (Å²) in [5.74, 6) is 0.383. The Bertz CT molecular complexity index is 233. The molecule has 0 bridgehead atoms. The Hall–Kier alpha value is -0.250. The van der Waals surface area contributed by atoms with Crippen LogP contribution in [0.5, 0.6) is 5.75 Å². The van der Waals surface area contributed by atoms with Crippen LogP contribution in [0.4, 0.5) is 0 Å². The maximum absolute atomic E-state index is 9.14. The van der Waals surface area contributed by atoms with Gasteiger partial charge in [-0.25, -0.2) is 0 Å². The minimum absolute atomic E-state index is 0.383. The number of phenols is 1. The van der Waals surface area contributed by atoms with Gasteiger partial charge >= 0.3 is 0 Å². The van der Waals surface area contributed by atoms with Gasteiger partial charge in [0.1, 0.15) is 5.75 Å². The van der Waals surface area contributed by atoms with Gasteiger partial charge in [0.05, 0.1) is 0 Å². The Balaban J connectivity index is 3.04. The summed E-state index contributed by atoms with van der Waals surface area (Å²) in [4.78, 5) is 0. The van der Waals surface area contributed by atoms with Crippen molar-refractivity contribution in [2.75, 3.05) is 0 Å². The fourth-order valence-corrected chi connectivity index (χ4v) is 1.28. The Morgan fingerprint density at radius 2 is 2.20 bits per heavy atom. The summed E-state index contributed by atoms with van der Waals surface area (Å²) >= 11 is 2.30. The van der Waals surface area contributed by atoms with Crippen molar-refractivity contribution in [2.45, 2.75) is 11.4 Å². The lowest BCUT2D eigenvalue weighted by molar-refractivity contribution is 0.471. The van der Waals surface area contributed by atoms with E-state index in [-0.39, 0.29) is 0 Å². The molecular weight excluding hydrogens is 239 g/mol. The Morgan fingerprint density at radius 3 is 2.70 bits per heavy atom. The first-order chi connectivity index (χ1) is 4.74. The molecule has 54 valence electrons. The highest BCUT2D eigenvalue weighted by molar-refractivity contribution is 14.1. The van der Waals surface area contributed by atoms with Gasteiger partial charge < -0.3 is 5.11 Å². The van der Waals surface area contributed by atoms with Gasteiger partial charge in [0.2, 0.25) is 0 Å². The van der Waals surface area contributed by atoms with E-state index in [1.165, 1.54) is 5.56 Å². The smallest absolute Gasteiger partial charge is 0.118 e. The molecule has 10 heavy (non-hydrogen) atoms. The summed E-state index contributed by atoms with van der Waals surface area (Å²) in [7, 11) is 0. The van der Waals surface area contributed by atoms with Gasteiger partial charge in [0, 0.05) is 4.43 Å². The molecule has 1 rings (SSSR count). The quantitative estimate of drug-likeness (QED) is 0.598. The minimum Gasteiger partial charge on any atom is -0.508 e. The molecule has 1 aromatic rings. The second-order valence-electron chi connectivity index (χ2n) is 2.25. The van der Waals surface area contributed by atoms with Crippen molar-refractivity contribution in [1.82, 2.24) is 0 Å². The van der Waals surface area contributed by atoms with Crippen LogP contribution in [0.15, 0.2) is 18.2 Å². The summed E-state index contributed by atoms with van der Waals surface area (Å²) in [5, 5.41) is 9.14. The molecule has 0 unspecified atom stereocenters. The van der Waals surface area contributed by atoms with Crippen molar-refractivity contribution in [3.63, 3.8) is 0 Å². The summed E-state index contributed by atoms with van der Waals surface area (Å²) < 4.78 is 0.999. The van der Waals surface area contributed by atoms with Crippen LogP contribution in [-0.4, -0.2) is 5.11 Å². The maximum Gasteiger partial charge on any atom is 0.118 e. The fraction of sp³-hybridized carbons (Fsp3) is 0.250. The monoisotopic (exact) mass is 248 g/mol. The number of alkyl halides is 1. The number of hydrogen-bond acceptors (Lipinski definition) is 1. The molecule has 1 aromatic carbocycles. The number of hydrogen-bond donors (Lipinski definition) is 1. The number of aryl methyl sites for hydroxylation is 1. The molecule has 0 aliphatic heterocycles. The zero-order valence-corrected chi connectivity index (χ0v) is 7.92. The molecule has 1 nitrogen and oxygen atoms in total. The summed E-state index contributed by atoms with van der Waals surface area (Å²) in [5.41, 5.74) is 2.21. The number of aromatic hydroxyl groups is 1. The van der Waals surface area contributed by atoms with E-state index >= 15 is 0 Å². The molecule has 0 atom stereocenters. The minimum atomic E-state index is 0.383. The first-order valence-electron chi connectivity index (χ1n) is 3.08. The molecule has 0 amide bonds. The lowest BCUT2D eigenvalue weighted by Gasteiger charge is -1.99. The lowest BCUT2D eigenvalue weighted by Crippen LogP contribution is -1.79. The third-order valence-corrected chi connectivity index (χ3v) is 2.30. The Labute approximate surface area is 74.2 Å². The first kappa shape index (κ1) is 7.85. The fourth-order valence-electron chi connectivity index (χ4n) is 0.801. The molecule has 0 aromatic heterocycles. The molecule has 0 heterocycles. The summed E-state index contributed by atoms with van der Waals surface area (Å²) in [6, 6.07) is 5.68. The number of rotatable bonds is 1. The van der Waals surface area contributed by atoms with E-state index in [9.17, 15) is 0 Å². The van der Waals surface area contributed by atoms with Crippen LogP contribution in [-0.2, 0) is 4.43 Å². The highest BCUT2D eigenvalue weighted by Gasteiger charge is 1.94. The van der Waals surface area contributed by atoms with Gasteiger partial charge in [0.25, 0.3) is 0 Å². The van der Waals surface area contributed by atoms with Crippen molar-refractivity contribution in [2.24, 2.45) is 0 Å². The first-order valence-corrected chi connectivity index (χ1v) is 4.61. The van der Waals surface area contributed by atoms with E-state index in [0.29, 0.717) is 5.75 Å². The van der Waals surface area contributed by atoms with E-state index in [1.54, 1.807) is 6.07 Å². The Morgan fingerprint density at radius 1 is 1.50 bits per heavy atom. The van der Waals surface area contributed by atoms with Crippen molar-refractivity contribution in [3.05, 3.63) is 29.3 Å². The molecule has 0 aliphatic rings. The summed E-state index contributed by atoms with van der Waals surface area (Å²) in [6.45, 7) is 1.91. The third-order valence-electron chi connectivity index (χ3n) is 1.42. The van der Waals surface area contributed by atoms with E-state index in [2.05, 4.69) is 22.6 Å². The van der Waals surface area contributed by atoms with Crippen LogP contribution in [0.3, 0.4) is 0 Å². The van der Waals surface area contributed by atoms with Gasteiger partial charge in [-0.15, -0.1) is 0 Å². The van der Waals surface area contributed by atoms with Crippen molar-refractivity contribution in [3.8, 4) is 5.75 Å². The molecule has 0 radical (unpaired) electrons. The highest BCUT2D eigenvalue weighted by Crippen LogP contribution is 2.18. The second kappa shape index (κ2) is 3.23. The zero-order chi connectivity index (χ0) is 7.56. The maximum atomic E-state index is 9.14. The van der Waals surface area contributed by atoms with E-state index in [4.69, 9.17) is 5.11 Å². The molecule has 2 heteroatoms. The predicted molar refractivity (Wildman–Crippen MR) is 50.6 cm³/mol. The largest absolute Gasteiger partial charge is 0.508 e. The molecule has 0 saturated carbocycles. The van der Waals surface area contributed by atoms with E-state index < -0.39 is 0 Å². The average Bonchev–Trinajstić information content (AvgIpc) is 1.95. The SMILES string of the molecule is Cc1cc(CI)ccc1O. The van der Waals surface area contributed by atoms with Crippen molar-refractivity contribution in [1.29, 1.82) is 0 Å². The van der Waals surface area contributed by atoms with Gasteiger partial charge in [-0.1, -0.05) is 34.7 Å².